The maximum Gasteiger partial charge on any atom is 0.413 e. The van der Waals surface area contributed by atoms with Gasteiger partial charge in [-0.05, 0) is 17.7 Å². The van der Waals surface area contributed by atoms with Crippen molar-refractivity contribution in [3.63, 3.8) is 0 Å². The summed E-state index contributed by atoms with van der Waals surface area (Å²) in [5, 5.41) is 2.59. The van der Waals surface area contributed by atoms with Crippen molar-refractivity contribution in [3.05, 3.63) is 23.8 Å². The van der Waals surface area contributed by atoms with Crippen molar-refractivity contribution in [2.24, 2.45) is 4.99 Å². The normalized spacial score (nSPS) is 17.2. The number of hydrogen-bond donors (Lipinski definition) is 1. The standard InChI is InChI=1S/C14H19N3O4/c1-17-10(8-15-13(17)16-14(18)21-4)9-5-6-11(19-2)12(7-9)20-3/h5-7,10H,8H2,1-4H3,(H,15,16,18). The zero-order valence-electron chi connectivity index (χ0n) is 12.5. The summed E-state index contributed by atoms with van der Waals surface area (Å²) in [6.45, 7) is 0.547. The molecule has 1 atom stereocenters. The maximum atomic E-state index is 11.3. The highest BCUT2D eigenvalue weighted by Crippen LogP contribution is 2.33. The number of aliphatic imine (C=N–C) groups is 1. The summed E-state index contributed by atoms with van der Waals surface area (Å²) in [4.78, 5) is 17.5. The van der Waals surface area contributed by atoms with Crippen LogP contribution in [0, 0.1) is 0 Å². The SMILES string of the molecule is COC(=O)NC1=NCC(c2ccc(OC)c(OC)c2)N1C. The number of ether oxygens (including phenoxy) is 3. The fourth-order valence-electron chi connectivity index (χ4n) is 2.21. The molecule has 1 aromatic carbocycles. The Morgan fingerprint density at radius 2 is 2.00 bits per heavy atom. The van der Waals surface area contributed by atoms with Crippen LogP contribution < -0.4 is 14.8 Å². The summed E-state index contributed by atoms with van der Waals surface area (Å²) in [5.74, 6) is 1.83. The van der Waals surface area contributed by atoms with E-state index in [1.807, 2.05) is 30.1 Å². The predicted octanol–water partition coefficient (Wildman–Crippen LogP) is 1.40. The molecule has 0 spiro atoms. The predicted molar refractivity (Wildman–Crippen MR) is 77.9 cm³/mol. The van der Waals surface area contributed by atoms with Crippen LogP contribution in [0.15, 0.2) is 23.2 Å². The molecule has 0 radical (unpaired) electrons. The van der Waals surface area contributed by atoms with Crippen LogP contribution in [0.1, 0.15) is 11.6 Å². The average Bonchev–Trinajstić information content (AvgIpc) is 2.87. The molecule has 1 heterocycles. The van der Waals surface area contributed by atoms with Crippen LogP contribution in [0.3, 0.4) is 0 Å². The Morgan fingerprint density at radius 1 is 1.29 bits per heavy atom. The molecular weight excluding hydrogens is 274 g/mol. The molecule has 0 saturated heterocycles. The molecule has 1 aliphatic rings. The van der Waals surface area contributed by atoms with Crippen molar-refractivity contribution in [3.8, 4) is 11.5 Å². The van der Waals surface area contributed by atoms with Gasteiger partial charge in [0.1, 0.15) is 0 Å². The summed E-state index contributed by atoms with van der Waals surface area (Å²) < 4.78 is 15.1. The molecule has 7 heteroatoms. The summed E-state index contributed by atoms with van der Waals surface area (Å²) >= 11 is 0. The molecule has 7 nitrogen and oxygen atoms in total. The first-order chi connectivity index (χ1) is 10.1. The van der Waals surface area contributed by atoms with Gasteiger partial charge in [-0.3, -0.25) is 10.3 Å². The quantitative estimate of drug-likeness (QED) is 0.912. The molecular formula is C14H19N3O4. The molecule has 0 aromatic heterocycles. The summed E-state index contributed by atoms with van der Waals surface area (Å²) in [6, 6.07) is 5.75. The van der Waals surface area contributed by atoms with E-state index < -0.39 is 6.09 Å². The highest BCUT2D eigenvalue weighted by atomic mass is 16.5. The molecule has 0 bridgehead atoms. The lowest BCUT2D eigenvalue weighted by molar-refractivity contribution is 0.175. The molecule has 21 heavy (non-hydrogen) atoms. The second-order valence-corrected chi connectivity index (χ2v) is 4.52. The number of hydrogen-bond acceptors (Lipinski definition) is 6. The van der Waals surface area contributed by atoms with Crippen LogP contribution in [0.4, 0.5) is 4.79 Å². The highest BCUT2D eigenvalue weighted by molar-refractivity contribution is 5.94. The number of carbonyl (C=O) groups excluding carboxylic acids is 1. The number of nitrogens with one attached hydrogen (secondary N) is 1. The first kappa shape index (κ1) is 15.0. The van der Waals surface area contributed by atoms with Gasteiger partial charge in [-0.25, -0.2) is 4.79 Å². The zero-order chi connectivity index (χ0) is 15.4. The van der Waals surface area contributed by atoms with Crippen LogP contribution in [-0.2, 0) is 4.74 Å². The largest absolute Gasteiger partial charge is 0.493 e. The van der Waals surface area contributed by atoms with Gasteiger partial charge in [0.25, 0.3) is 0 Å². The highest BCUT2D eigenvalue weighted by Gasteiger charge is 2.27. The minimum Gasteiger partial charge on any atom is -0.493 e. The lowest BCUT2D eigenvalue weighted by atomic mass is 10.1. The fourth-order valence-corrected chi connectivity index (χ4v) is 2.21. The van der Waals surface area contributed by atoms with Crippen molar-refractivity contribution in [2.75, 3.05) is 34.9 Å². The van der Waals surface area contributed by atoms with Gasteiger partial charge in [0.05, 0.1) is 33.9 Å². The van der Waals surface area contributed by atoms with Gasteiger partial charge in [-0.15, -0.1) is 0 Å². The molecule has 2 rings (SSSR count). The zero-order valence-corrected chi connectivity index (χ0v) is 12.5. The number of rotatable bonds is 3. The van der Waals surface area contributed by atoms with Gasteiger partial charge in [-0.1, -0.05) is 6.07 Å². The number of benzene rings is 1. The second-order valence-electron chi connectivity index (χ2n) is 4.52. The molecule has 0 fully saturated rings. The summed E-state index contributed by atoms with van der Waals surface area (Å²) in [7, 11) is 6.38. The molecule has 1 aliphatic heterocycles. The first-order valence-corrected chi connectivity index (χ1v) is 6.45. The third-order valence-corrected chi connectivity index (χ3v) is 3.41. The fraction of sp³-hybridized carbons (Fsp3) is 0.429. The van der Waals surface area contributed by atoms with Crippen LogP contribution in [0.2, 0.25) is 0 Å². The second kappa shape index (κ2) is 6.34. The van der Waals surface area contributed by atoms with E-state index in [1.165, 1.54) is 7.11 Å². The van der Waals surface area contributed by atoms with Crippen LogP contribution in [0.5, 0.6) is 11.5 Å². The number of amides is 1. The smallest absolute Gasteiger partial charge is 0.413 e. The molecule has 1 unspecified atom stereocenters. The number of carbonyl (C=O) groups is 1. The van der Waals surface area contributed by atoms with E-state index in [4.69, 9.17) is 9.47 Å². The van der Waals surface area contributed by atoms with E-state index >= 15 is 0 Å². The molecule has 1 amide bonds. The summed E-state index contributed by atoms with van der Waals surface area (Å²) in [6.07, 6.45) is -0.534. The van der Waals surface area contributed by atoms with Crippen molar-refractivity contribution in [2.45, 2.75) is 6.04 Å². The summed E-state index contributed by atoms with van der Waals surface area (Å²) in [5.41, 5.74) is 1.03. The van der Waals surface area contributed by atoms with E-state index in [2.05, 4.69) is 15.0 Å². The number of methoxy groups -OCH3 is 3. The van der Waals surface area contributed by atoms with Gasteiger partial charge >= 0.3 is 6.09 Å². The Morgan fingerprint density at radius 3 is 2.62 bits per heavy atom. The van der Waals surface area contributed by atoms with Crippen molar-refractivity contribution in [1.29, 1.82) is 0 Å². The Balaban J connectivity index is 2.16. The number of alkyl carbamates (subject to hydrolysis) is 1. The Kier molecular flexibility index (Phi) is 4.52. The molecule has 1 N–H and O–H groups in total. The van der Waals surface area contributed by atoms with Gasteiger partial charge in [0, 0.05) is 7.05 Å². The number of guanidine groups is 1. The van der Waals surface area contributed by atoms with Crippen LogP contribution >= 0.6 is 0 Å². The molecule has 0 aliphatic carbocycles. The van der Waals surface area contributed by atoms with Crippen molar-refractivity contribution < 1.29 is 19.0 Å². The maximum absolute atomic E-state index is 11.3. The van der Waals surface area contributed by atoms with Crippen molar-refractivity contribution >= 4 is 12.1 Å². The van der Waals surface area contributed by atoms with E-state index in [0.29, 0.717) is 24.0 Å². The minimum absolute atomic E-state index is 0.0250. The first-order valence-electron chi connectivity index (χ1n) is 6.45. The van der Waals surface area contributed by atoms with Gasteiger partial charge in [0.15, 0.2) is 11.5 Å². The number of likely N-dealkylation sites (N-methyl/N-ethyl adjacent to an activating group) is 1. The van der Waals surface area contributed by atoms with Crippen LogP contribution in [0.25, 0.3) is 0 Å². The lowest BCUT2D eigenvalue weighted by Crippen LogP contribution is -2.40. The van der Waals surface area contributed by atoms with E-state index in [0.717, 1.165) is 5.56 Å². The number of nitrogens with zero attached hydrogens (tertiary/aromatic N) is 2. The van der Waals surface area contributed by atoms with Gasteiger partial charge in [-0.2, -0.15) is 0 Å². The van der Waals surface area contributed by atoms with E-state index in [9.17, 15) is 4.79 Å². The topological polar surface area (TPSA) is 72.4 Å². The third-order valence-electron chi connectivity index (χ3n) is 3.41. The third kappa shape index (κ3) is 3.01. The minimum atomic E-state index is -0.534. The average molecular weight is 293 g/mol. The molecule has 0 saturated carbocycles. The van der Waals surface area contributed by atoms with Gasteiger partial charge < -0.3 is 19.1 Å². The Labute approximate surface area is 123 Å². The Bertz CT molecular complexity index is 559. The monoisotopic (exact) mass is 293 g/mol. The van der Waals surface area contributed by atoms with E-state index in [1.54, 1.807) is 14.2 Å². The molecule has 114 valence electrons. The van der Waals surface area contributed by atoms with Gasteiger partial charge in [0.2, 0.25) is 5.96 Å². The van der Waals surface area contributed by atoms with E-state index in [-0.39, 0.29) is 6.04 Å². The van der Waals surface area contributed by atoms with Crippen LogP contribution in [-0.4, -0.2) is 51.9 Å². The van der Waals surface area contributed by atoms with Crippen molar-refractivity contribution in [1.82, 2.24) is 10.2 Å². The lowest BCUT2D eigenvalue weighted by Gasteiger charge is -2.24. The Hall–Kier alpha value is -2.44. The molecule has 1 aromatic rings.